The predicted octanol–water partition coefficient (Wildman–Crippen LogP) is 15.9. The smallest absolute Gasteiger partial charge is 0.0133 e. The number of allylic oxidation sites excluding steroid dienone is 2. The van der Waals surface area contributed by atoms with Crippen LogP contribution in [-0.4, -0.2) is 0 Å². The zero-order valence-electron chi connectivity index (χ0n) is 36.3. The first-order valence-electron chi connectivity index (χ1n) is 21.6. The van der Waals surface area contributed by atoms with E-state index in [1.165, 1.54) is 51.4 Å². The van der Waals surface area contributed by atoms with E-state index in [0.29, 0.717) is 0 Å². The molecule has 12 unspecified atom stereocenters. The zero-order valence-corrected chi connectivity index (χ0v) is 36.3. The molecule has 284 valence electrons. The van der Waals surface area contributed by atoms with Gasteiger partial charge >= 0.3 is 0 Å². The van der Waals surface area contributed by atoms with Crippen molar-refractivity contribution in [1.82, 2.24) is 0 Å². The third kappa shape index (κ3) is 13.5. The Morgan fingerprint density at radius 3 is 1.31 bits per heavy atom. The Morgan fingerprint density at radius 1 is 0.469 bits per heavy atom. The van der Waals surface area contributed by atoms with Crippen LogP contribution in [0, 0.1) is 82.9 Å². The molecule has 0 amide bonds. The van der Waals surface area contributed by atoms with Gasteiger partial charge in [-0.3, -0.25) is 0 Å². The van der Waals surface area contributed by atoms with Gasteiger partial charge in [-0.2, -0.15) is 0 Å². The SMILES string of the molecule is CC(C)C(C)C.CC(C)C1CC(C)C(C)c2ccccc21.CC1=CC(C(C)C)CC(C)C1C.CC1CCC(C2CCC(C)C(C)C2)CC1C. The van der Waals surface area contributed by atoms with E-state index in [4.69, 9.17) is 0 Å². The Kier molecular flexibility index (Phi) is 18.8. The van der Waals surface area contributed by atoms with Crippen molar-refractivity contribution < 1.29 is 0 Å². The van der Waals surface area contributed by atoms with Crippen LogP contribution in [0.25, 0.3) is 0 Å². The summed E-state index contributed by atoms with van der Waals surface area (Å²) in [6.07, 6.45) is 14.3. The summed E-state index contributed by atoms with van der Waals surface area (Å²) in [5, 5.41) is 0. The first kappa shape index (κ1) is 44.1. The molecule has 2 saturated carbocycles. The minimum atomic E-state index is 0.733. The summed E-state index contributed by atoms with van der Waals surface area (Å²) in [6.45, 7) is 40.0. The third-order valence-electron chi connectivity index (χ3n) is 15.0. The molecule has 5 rings (SSSR count). The van der Waals surface area contributed by atoms with Gasteiger partial charge in [-0.1, -0.05) is 160 Å². The number of benzene rings is 1. The number of fused-ring (bicyclic) bond motifs is 1. The molecular weight excluding hydrogens is 589 g/mol. The number of hydrogen-bond acceptors (Lipinski definition) is 0. The van der Waals surface area contributed by atoms with Gasteiger partial charge in [-0.15, -0.1) is 0 Å². The first-order valence-corrected chi connectivity index (χ1v) is 21.6. The van der Waals surface area contributed by atoms with E-state index in [0.717, 1.165) is 94.7 Å². The molecule has 0 bridgehead atoms. The lowest BCUT2D eigenvalue weighted by Crippen LogP contribution is -2.31. The fourth-order valence-corrected chi connectivity index (χ4v) is 9.07. The maximum atomic E-state index is 2.50. The summed E-state index contributed by atoms with van der Waals surface area (Å²) < 4.78 is 0. The monoisotopic (exact) mass is 677 g/mol. The molecule has 49 heavy (non-hydrogen) atoms. The lowest BCUT2D eigenvalue weighted by Gasteiger charge is -2.41. The highest BCUT2D eigenvalue weighted by atomic mass is 14.4. The molecule has 0 spiro atoms. The molecule has 4 aliphatic rings. The lowest BCUT2D eigenvalue weighted by atomic mass is 9.64. The van der Waals surface area contributed by atoms with Crippen molar-refractivity contribution >= 4 is 0 Å². The molecule has 0 N–H and O–H groups in total. The molecule has 4 aliphatic carbocycles. The molecule has 0 aliphatic heterocycles. The van der Waals surface area contributed by atoms with Crippen LogP contribution in [0.1, 0.15) is 192 Å². The fourth-order valence-electron chi connectivity index (χ4n) is 9.07. The molecule has 1 aromatic carbocycles. The van der Waals surface area contributed by atoms with Gasteiger partial charge < -0.3 is 0 Å². The first-order chi connectivity index (χ1) is 22.8. The normalized spacial score (nSPS) is 36.1. The molecule has 12 atom stereocenters. The van der Waals surface area contributed by atoms with Gasteiger partial charge in [-0.05, 0) is 151 Å². The average molecular weight is 677 g/mol. The van der Waals surface area contributed by atoms with Crippen LogP contribution in [0.3, 0.4) is 0 Å². The summed E-state index contributed by atoms with van der Waals surface area (Å²) in [4.78, 5) is 0. The fraction of sp³-hybridized carbons (Fsp3) is 0.837. The lowest BCUT2D eigenvalue weighted by molar-refractivity contribution is 0.0956. The maximum Gasteiger partial charge on any atom is -0.0133 e. The highest BCUT2D eigenvalue weighted by Crippen LogP contribution is 2.46. The van der Waals surface area contributed by atoms with Crippen molar-refractivity contribution in [3.8, 4) is 0 Å². The topological polar surface area (TPSA) is 0 Å². The van der Waals surface area contributed by atoms with Crippen molar-refractivity contribution in [2.24, 2.45) is 82.9 Å². The Morgan fingerprint density at radius 2 is 0.918 bits per heavy atom. The second-order valence-corrected chi connectivity index (χ2v) is 19.8. The molecule has 1 aromatic rings. The van der Waals surface area contributed by atoms with E-state index in [2.05, 4.69) is 148 Å². The maximum absolute atomic E-state index is 2.50. The third-order valence-corrected chi connectivity index (χ3v) is 15.0. The molecule has 0 aromatic heterocycles. The second-order valence-electron chi connectivity index (χ2n) is 19.8. The Bertz CT molecular complexity index is 1040. The van der Waals surface area contributed by atoms with Crippen LogP contribution in [0.15, 0.2) is 35.9 Å². The molecule has 0 radical (unpaired) electrons. The van der Waals surface area contributed by atoms with Crippen LogP contribution in [0.4, 0.5) is 0 Å². The Hall–Kier alpha value is -1.04. The molecule has 2 fully saturated rings. The van der Waals surface area contributed by atoms with Gasteiger partial charge in [0.25, 0.3) is 0 Å². The molecular formula is C49H88. The van der Waals surface area contributed by atoms with Gasteiger partial charge in [0, 0.05) is 0 Å². The molecule has 0 heterocycles. The summed E-state index contributed by atoms with van der Waals surface area (Å²) in [5.74, 6) is 14.2. The van der Waals surface area contributed by atoms with Gasteiger partial charge in [0.15, 0.2) is 0 Å². The van der Waals surface area contributed by atoms with Gasteiger partial charge in [-0.25, -0.2) is 0 Å². The summed E-state index contributed by atoms with van der Waals surface area (Å²) in [6, 6.07) is 9.04. The quantitative estimate of drug-likeness (QED) is 0.278. The predicted molar refractivity (Wildman–Crippen MR) is 222 cm³/mol. The van der Waals surface area contributed by atoms with E-state index in [1.54, 1.807) is 16.7 Å². The van der Waals surface area contributed by atoms with Crippen molar-refractivity contribution in [3.63, 3.8) is 0 Å². The van der Waals surface area contributed by atoms with E-state index in [-0.39, 0.29) is 0 Å². The highest BCUT2D eigenvalue weighted by molar-refractivity contribution is 5.36. The van der Waals surface area contributed by atoms with Crippen LogP contribution < -0.4 is 0 Å². The van der Waals surface area contributed by atoms with Crippen molar-refractivity contribution in [1.29, 1.82) is 0 Å². The van der Waals surface area contributed by atoms with Gasteiger partial charge in [0.1, 0.15) is 0 Å². The summed E-state index contributed by atoms with van der Waals surface area (Å²) >= 11 is 0. The summed E-state index contributed by atoms with van der Waals surface area (Å²) in [7, 11) is 0. The summed E-state index contributed by atoms with van der Waals surface area (Å²) in [5.41, 5.74) is 4.81. The zero-order chi connectivity index (χ0) is 37.2. The van der Waals surface area contributed by atoms with Crippen LogP contribution in [-0.2, 0) is 0 Å². The van der Waals surface area contributed by atoms with Crippen LogP contribution >= 0.6 is 0 Å². The van der Waals surface area contributed by atoms with E-state index in [1.807, 2.05) is 0 Å². The Balaban J connectivity index is 0.000000238. The number of hydrogen-bond donors (Lipinski definition) is 0. The average Bonchev–Trinajstić information content (AvgIpc) is 3.04. The molecule has 0 saturated heterocycles. The van der Waals surface area contributed by atoms with Gasteiger partial charge in [0.05, 0.1) is 0 Å². The van der Waals surface area contributed by atoms with Crippen molar-refractivity contribution in [2.45, 2.75) is 181 Å². The molecule has 0 heteroatoms. The minimum Gasteiger partial charge on any atom is -0.0819 e. The number of rotatable bonds is 4. The standard InChI is InChI=1S/C16H30.C15H22.C12H22.C6H14/c1-11-5-7-15(9-13(11)3)16-8-6-12(2)14(4)10-16;1-10(2)15-9-11(3)12(4)13-7-5-6-8-14(13)15;1-8(2)12-6-9(3)11(5)10(4)7-12;1-5(2)6(3)4/h11-16H,5-10H2,1-4H3;5-8,10-12,15H,9H2,1-4H3;6,8,10-12H,7H2,1-5H3;5-6H,1-4H3. The molecule has 0 nitrogen and oxygen atoms in total. The second kappa shape index (κ2) is 20.9. The van der Waals surface area contributed by atoms with E-state index >= 15 is 0 Å². The Labute approximate surface area is 309 Å². The highest BCUT2D eigenvalue weighted by Gasteiger charge is 2.34. The largest absolute Gasteiger partial charge is 0.0819 e. The van der Waals surface area contributed by atoms with Crippen molar-refractivity contribution in [2.75, 3.05) is 0 Å². The van der Waals surface area contributed by atoms with Crippen LogP contribution in [0.5, 0.6) is 0 Å². The van der Waals surface area contributed by atoms with Crippen molar-refractivity contribution in [3.05, 3.63) is 47.0 Å². The van der Waals surface area contributed by atoms with E-state index in [9.17, 15) is 0 Å². The van der Waals surface area contributed by atoms with Crippen LogP contribution in [0.2, 0.25) is 0 Å². The van der Waals surface area contributed by atoms with Gasteiger partial charge in [0.2, 0.25) is 0 Å². The minimum absolute atomic E-state index is 0.733. The van der Waals surface area contributed by atoms with E-state index < -0.39 is 0 Å².